The Morgan fingerprint density at radius 1 is 1.08 bits per heavy atom. The topological polar surface area (TPSA) is 73.6 Å². The molecule has 2 unspecified atom stereocenters. The van der Waals surface area contributed by atoms with Crippen LogP contribution < -0.4 is 15.8 Å². The summed E-state index contributed by atoms with van der Waals surface area (Å²) in [5.74, 6) is 0.655. The van der Waals surface area contributed by atoms with Crippen molar-refractivity contribution in [3.8, 4) is 5.75 Å². The van der Waals surface area contributed by atoms with Crippen LogP contribution in [0.5, 0.6) is 5.75 Å². The summed E-state index contributed by atoms with van der Waals surface area (Å²) in [5, 5.41) is 3.00. The Balaban J connectivity index is 0.00000312. The van der Waals surface area contributed by atoms with Gasteiger partial charge in [-0.3, -0.25) is 4.79 Å². The molecule has 136 valence electrons. The standard InChI is InChI=1S/C19H24N2O3.ClH/c1-23-17(13-20)12-19(22)21-18(15-8-4-2-5-9-15)14-24-16-10-6-3-7-11-16;/h2-11,17-18H,12-14,20H2,1H3,(H,21,22);1H. The minimum atomic E-state index is -0.281. The van der Waals surface area contributed by atoms with Gasteiger partial charge in [0, 0.05) is 13.7 Å². The molecule has 0 heterocycles. The van der Waals surface area contributed by atoms with Gasteiger partial charge in [-0.15, -0.1) is 12.4 Å². The molecule has 3 N–H and O–H groups in total. The molecule has 0 saturated carbocycles. The van der Waals surface area contributed by atoms with Crippen LogP contribution in [0.15, 0.2) is 60.7 Å². The summed E-state index contributed by atoms with van der Waals surface area (Å²) in [6, 6.07) is 19.0. The largest absolute Gasteiger partial charge is 0.491 e. The third kappa shape index (κ3) is 7.13. The van der Waals surface area contributed by atoms with Crippen molar-refractivity contribution in [1.82, 2.24) is 5.32 Å². The van der Waals surface area contributed by atoms with Gasteiger partial charge in [-0.2, -0.15) is 0 Å². The molecular formula is C19H25ClN2O3. The average molecular weight is 365 g/mol. The van der Waals surface area contributed by atoms with Gasteiger partial charge in [0.15, 0.2) is 0 Å². The van der Waals surface area contributed by atoms with Crippen molar-refractivity contribution in [1.29, 1.82) is 0 Å². The lowest BCUT2D eigenvalue weighted by Crippen LogP contribution is -2.36. The molecule has 0 aliphatic heterocycles. The molecule has 0 radical (unpaired) electrons. The Kier molecular flexibility index (Phi) is 9.62. The molecule has 0 fully saturated rings. The van der Waals surface area contributed by atoms with Gasteiger partial charge in [-0.1, -0.05) is 48.5 Å². The molecule has 0 aliphatic carbocycles. The fraction of sp³-hybridized carbons (Fsp3) is 0.316. The lowest BCUT2D eigenvalue weighted by Gasteiger charge is -2.21. The minimum Gasteiger partial charge on any atom is -0.491 e. The number of rotatable bonds is 9. The Bertz CT molecular complexity index is 607. The smallest absolute Gasteiger partial charge is 0.223 e. The van der Waals surface area contributed by atoms with E-state index in [-0.39, 0.29) is 36.9 Å². The lowest BCUT2D eigenvalue weighted by atomic mass is 10.1. The van der Waals surface area contributed by atoms with Crippen LogP contribution in [0.3, 0.4) is 0 Å². The van der Waals surface area contributed by atoms with Crippen LogP contribution in [0, 0.1) is 0 Å². The number of ether oxygens (including phenoxy) is 2. The number of methoxy groups -OCH3 is 1. The number of halogens is 1. The fourth-order valence-electron chi connectivity index (χ4n) is 2.33. The zero-order valence-corrected chi connectivity index (χ0v) is 15.1. The number of nitrogens with one attached hydrogen (secondary N) is 1. The highest BCUT2D eigenvalue weighted by Gasteiger charge is 2.18. The zero-order valence-electron chi connectivity index (χ0n) is 14.3. The van der Waals surface area contributed by atoms with Crippen molar-refractivity contribution in [2.45, 2.75) is 18.6 Å². The zero-order chi connectivity index (χ0) is 17.2. The van der Waals surface area contributed by atoms with Gasteiger partial charge in [0.05, 0.1) is 18.6 Å². The molecule has 0 bridgehead atoms. The average Bonchev–Trinajstić information content (AvgIpc) is 2.64. The monoisotopic (exact) mass is 364 g/mol. The molecule has 0 aliphatic rings. The first-order chi connectivity index (χ1) is 11.7. The molecule has 2 aromatic rings. The summed E-state index contributed by atoms with van der Waals surface area (Å²) < 4.78 is 11.0. The van der Waals surface area contributed by atoms with E-state index in [1.807, 2.05) is 60.7 Å². The van der Waals surface area contributed by atoms with E-state index < -0.39 is 0 Å². The Labute approximate surface area is 154 Å². The molecule has 0 spiro atoms. The van der Waals surface area contributed by atoms with E-state index in [1.165, 1.54) is 0 Å². The van der Waals surface area contributed by atoms with E-state index in [4.69, 9.17) is 15.2 Å². The second-order valence-electron chi connectivity index (χ2n) is 5.45. The van der Waals surface area contributed by atoms with E-state index in [0.717, 1.165) is 11.3 Å². The minimum absolute atomic E-state index is 0. The highest BCUT2D eigenvalue weighted by molar-refractivity contribution is 5.85. The molecule has 2 rings (SSSR count). The molecule has 1 amide bonds. The third-order valence-electron chi connectivity index (χ3n) is 3.71. The van der Waals surface area contributed by atoms with Crippen LogP contribution >= 0.6 is 12.4 Å². The van der Waals surface area contributed by atoms with Gasteiger partial charge in [-0.05, 0) is 17.7 Å². The van der Waals surface area contributed by atoms with Gasteiger partial charge in [-0.25, -0.2) is 0 Å². The molecule has 5 nitrogen and oxygen atoms in total. The van der Waals surface area contributed by atoms with E-state index in [1.54, 1.807) is 7.11 Å². The maximum atomic E-state index is 12.3. The fourth-order valence-corrected chi connectivity index (χ4v) is 2.33. The number of amides is 1. The molecule has 0 aromatic heterocycles. The lowest BCUT2D eigenvalue weighted by molar-refractivity contribution is -0.124. The molecule has 25 heavy (non-hydrogen) atoms. The normalized spacial score (nSPS) is 12.6. The highest BCUT2D eigenvalue weighted by Crippen LogP contribution is 2.16. The van der Waals surface area contributed by atoms with Gasteiger partial charge >= 0.3 is 0 Å². The number of hydrogen-bond donors (Lipinski definition) is 2. The van der Waals surface area contributed by atoms with Gasteiger partial charge < -0.3 is 20.5 Å². The van der Waals surface area contributed by atoms with E-state index >= 15 is 0 Å². The number of carbonyl (C=O) groups excluding carboxylic acids is 1. The van der Waals surface area contributed by atoms with Crippen LogP contribution in [0.2, 0.25) is 0 Å². The summed E-state index contributed by atoms with van der Waals surface area (Å²) >= 11 is 0. The Hall–Kier alpha value is -2.08. The van der Waals surface area contributed by atoms with E-state index in [0.29, 0.717) is 13.2 Å². The number of para-hydroxylation sites is 1. The van der Waals surface area contributed by atoms with Crippen LogP contribution in [0.1, 0.15) is 18.0 Å². The van der Waals surface area contributed by atoms with Crippen molar-refractivity contribution >= 4 is 18.3 Å². The van der Waals surface area contributed by atoms with Gasteiger partial charge in [0.25, 0.3) is 0 Å². The van der Waals surface area contributed by atoms with Crippen molar-refractivity contribution in [3.05, 3.63) is 66.2 Å². The summed E-state index contributed by atoms with van der Waals surface area (Å²) in [7, 11) is 1.55. The molecular weight excluding hydrogens is 340 g/mol. The van der Waals surface area contributed by atoms with Crippen LogP contribution in [-0.2, 0) is 9.53 Å². The van der Waals surface area contributed by atoms with Crippen LogP contribution in [0.25, 0.3) is 0 Å². The molecule has 0 saturated heterocycles. The van der Waals surface area contributed by atoms with Crippen molar-refractivity contribution in [3.63, 3.8) is 0 Å². The van der Waals surface area contributed by atoms with E-state index in [9.17, 15) is 4.79 Å². The summed E-state index contributed by atoms with van der Waals surface area (Å²) in [4.78, 5) is 12.3. The van der Waals surface area contributed by atoms with E-state index in [2.05, 4.69) is 5.32 Å². The molecule has 6 heteroatoms. The highest BCUT2D eigenvalue weighted by atomic mass is 35.5. The predicted octanol–water partition coefficient (Wildman–Crippen LogP) is 2.71. The first-order valence-electron chi connectivity index (χ1n) is 7.98. The Morgan fingerprint density at radius 3 is 2.24 bits per heavy atom. The quantitative estimate of drug-likeness (QED) is 0.717. The predicted molar refractivity (Wildman–Crippen MR) is 101 cm³/mol. The number of benzene rings is 2. The third-order valence-corrected chi connectivity index (χ3v) is 3.71. The van der Waals surface area contributed by atoms with Crippen LogP contribution in [-0.4, -0.2) is 32.3 Å². The second-order valence-corrected chi connectivity index (χ2v) is 5.45. The maximum Gasteiger partial charge on any atom is 0.223 e. The Morgan fingerprint density at radius 2 is 1.68 bits per heavy atom. The first-order valence-corrected chi connectivity index (χ1v) is 7.98. The number of nitrogens with two attached hydrogens (primary N) is 1. The maximum absolute atomic E-state index is 12.3. The number of carbonyl (C=O) groups is 1. The SMILES string of the molecule is COC(CN)CC(=O)NC(COc1ccccc1)c1ccccc1.Cl. The summed E-state index contributed by atoms with van der Waals surface area (Å²) in [6.45, 7) is 0.653. The first kappa shape index (κ1) is 21.0. The van der Waals surface area contributed by atoms with Crippen molar-refractivity contribution in [2.24, 2.45) is 5.73 Å². The summed E-state index contributed by atoms with van der Waals surface area (Å²) in [6.07, 6.45) is -0.0572. The van der Waals surface area contributed by atoms with Crippen LogP contribution in [0.4, 0.5) is 0 Å². The number of hydrogen-bond acceptors (Lipinski definition) is 4. The molecule has 2 atom stereocenters. The van der Waals surface area contributed by atoms with Crippen molar-refractivity contribution in [2.75, 3.05) is 20.3 Å². The van der Waals surface area contributed by atoms with Gasteiger partial charge in [0.1, 0.15) is 12.4 Å². The molecule has 2 aromatic carbocycles. The summed E-state index contributed by atoms with van der Waals surface area (Å²) in [5.41, 5.74) is 6.57. The second kappa shape index (κ2) is 11.5. The van der Waals surface area contributed by atoms with Gasteiger partial charge in [0.2, 0.25) is 5.91 Å². The van der Waals surface area contributed by atoms with Crippen molar-refractivity contribution < 1.29 is 14.3 Å².